The van der Waals surface area contributed by atoms with Crippen molar-refractivity contribution in [1.82, 2.24) is 5.32 Å². The maximum atomic E-state index is 12.3. The molecule has 0 aromatic rings. The molecule has 4 heteroatoms. The molecule has 0 aromatic heterocycles. The highest BCUT2D eigenvalue weighted by Crippen LogP contribution is 2.34. The van der Waals surface area contributed by atoms with Gasteiger partial charge in [0.1, 0.15) is 0 Å². The zero-order valence-corrected chi connectivity index (χ0v) is 12.1. The lowest BCUT2D eigenvalue weighted by atomic mass is 9.71. The fourth-order valence-electron chi connectivity index (χ4n) is 2.15. The summed E-state index contributed by atoms with van der Waals surface area (Å²) in [4.78, 5) is 23.8. The summed E-state index contributed by atoms with van der Waals surface area (Å²) in [5.41, 5.74) is 5.09. The molecule has 104 valence electrons. The minimum absolute atomic E-state index is 0.0413. The fourth-order valence-corrected chi connectivity index (χ4v) is 2.15. The second-order valence-corrected chi connectivity index (χ2v) is 6.04. The van der Waals surface area contributed by atoms with Gasteiger partial charge in [0.15, 0.2) is 0 Å². The Hall–Kier alpha value is -1.32. The summed E-state index contributed by atoms with van der Waals surface area (Å²) in [6, 6.07) is 0.0413. The standard InChI is InChI=1S/C14H26N2O2/c1-7-8-10(12(15)17)11(14(4,5)6)13(18)16-9(2)3/h7,9-11H,1,8H2,2-6H3,(H2,15,17)(H,16,18). The first-order valence-corrected chi connectivity index (χ1v) is 6.31. The molecule has 0 bridgehead atoms. The van der Waals surface area contributed by atoms with E-state index in [1.165, 1.54) is 0 Å². The van der Waals surface area contributed by atoms with Crippen LogP contribution in [-0.4, -0.2) is 17.9 Å². The predicted molar refractivity (Wildman–Crippen MR) is 73.7 cm³/mol. The number of hydrogen-bond donors (Lipinski definition) is 2. The first-order chi connectivity index (χ1) is 8.11. The number of hydrogen-bond acceptors (Lipinski definition) is 2. The van der Waals surface area contributed by atoms with Gasteiger partial charge in [-0.15, -0.1) is 6.58 Å². The maximum absolute atomic E-state index is 12.3. The van der Waals surface area contributed by atoms with E-state index in [9.17, 15) is 9.59 Å². The van der Waals surface area contributed by atoms with Crippen molar-refractivity contribution in [3.63, 3.8) is 0 Å². The largest absolute Gasteiger partial charge is 0.369 e. The van der Waals surface area contributed by atoms with E-state index in [0.717, 1.165) is 0 Å². The third-order valence-electron chi connectivity index (χ3n) is 2.83. The topological polar surface area (TPSA) is 72.2 Å². The van der Waals surface area contributed by atoms with E-state index >= 15 is 0 Å². The Kier molecular flexibility index (Phi) is 6.09. The highest BCUT2D eigenvalue weighted by Gasteiger charge is 2.40. The molecular formula is C14H26N2O2. The normalized spacial score (nSPS) is 15.0. The van der Waals surface area contributed by atoms with Crippen LogP contribution in [0.15, 0.2) is 12.7 Å². The van der Waals surface area contributed by atoms with Gasteiger partial charge in [-0.25, -0.2) is 0 Å². The summed E-state index contributed by atoms with van der Waals surface area (Å²) in [6.45, 7) is 13.2. The smallest absolute Gasteiger partial charge is 0.224 e. The van der Waals surface area contributed by atoms with Gasteiger partial charge in [-0.05, 0) is 25.7 Å². The Morgan fingerprint density at radius 3 is 2.11 bits per heavy atom. The van der Waals surface area contributed by atoms with Crippen LogP contribution in [0.5, 0.6) is 0 Å². The van der Waals surface area contributed by atoms with Crippen molar-refractivity contribution in [2.75, 3.05) is 0 Å². The zero-order chi connectivity index (χ0) is 14.5. The van der Waals surface area contributed by atoms with Crippen LogP contribution in [0.2, 0.25) is 0 Å². The van der Waals surface area contributed by atoms with Crippen LogP contribution in [0.1, 0.15) is 41.0 Å². The third-order valence-corrected chi connectivity index (χ3v) is 2.83. The minimum Gasteiger partial charge on any atom is -0.369 e. The van der Waals surface area contributed by atoms with E-state index in [1.54, 1.807) is 6.08 Å². The summed E-state index contributed by atoms with van der Waals surface area (Å²) in [5, 5.41) is 2.86. The van der Waals surface area contributed by atoms with Crippen LogP contribution in [-0.2, 0) is 9.59 Å². The number of allylic oxidation sites excluding steroid dienone is 1. The van der Waals surface area contributed by atoms with Crippen molar-refractivity contribution in [1.29, 1.82) is 0 Å². The fraction of sp³-hybridized carbons (Fsp3) is 0.714. The maximum Gasteiger partial charge on any atom is 0.224 e. The van der Waals surface area contributed by atoms with Gasteiger partial charge in [0, 0.05) is 6.04 Å². The number of amides is 2. The Morgan fingerprint density at radius 1 is 1.33 bits per heavy atom. The van der Waals surface area contributed by atoms with Crippen molar-refractivity contribution in [2.45, 2.75) is 47.1 Å². The van der Waals surface area contributed by atoms with Gasteiger partial charge in [-0.2, -0.15) is 0 Å². The molecule has 0 saturated carbocycles. The van der Waals surface area contributed by atoms with Crippen molar-refractivity contribution >= 4 is 11.8 Å². The van der Waals surface area contributed by atoms with Crippen molar-refractivity contribution in [2.24, 2.45) is 23.0 Å². The summed E-state index contributed by atoms with van der Waals surface area (Å²) in [5.74, 6) is -1.53. The lowest BCUT2D eigenvalue weighted by molar-refractivity contribution is -0.137. The van der Waals surface area contributed by atoms with Crippen molar-refractivity contribution < 1.29 is 9.59 Å². The monoisotopic (exact) mass is 254 g/mol. The van der Waals surface area contributed by atoms with E-state index in [1.807, 2.05) is 34.6 Å². The number of primary amides is 1. The molecule has 0 saturated heterocycles. The second kappa shape index (κ2) is 6.57. The quantitative estimate of drug-likeness (QED) is 0.710. The van der Waals surface area contributed by atoms with Gasteiger partial charge < -0.3 is 11.1 Å². The molecule has 0 rings (SSSR count). The molecule has 0 heterocycles. The van der Waals surface area contributed by atoms with Crippen LogP contribution in [0.3, 0.4) is 0 Å². The Balaban J connectivity index is 5.26. The summed E-state index contributed by atoms with van der Waals surface area (Å²) < 4.78 is 0. The minimum atomic E-state index is -0.513. The first-order valence-electron chi connectivity index (χ1n) is 6.31. The van der Waals surface area contributed by atoms with Gasteiger partial charge in [-0.3, -0.25) is 9.59 Å². The highest BCUT2D eigenvalue weighted by atomic mass is 16.2. The molecule has 18 heavy (non-hydrogen) atoms. The Bertz CT molecular complexity index is 316. The summed E-state index contributed by atoms with van der Waals surface area (Å²) in [6.07, 6.45) is 2.06. The molecule has 0 aromatic carbocycles. The van der Waals surface area contributed by atoms with E-state index in [2.05, 4.69) is 11.9 Å². The summed E-state index contributed by atoms with van der Waals surface area (Å²) in [7, 11) is 0. The molecule has 0 aliphatic heterocycles. The number of carbonyl (C=O) groups excluding carboxylic acids is 2. The number of carbonyl (C=O) groups is 2. The average molecular weight is 254 g/mol. The summed E-state index contributed by atoms with van der Waals surface area (Å²) >= 11 is 0. The molecular weight excluding hydrogens is 228 g/mol. The van der Waals surface area contributed by atoms with Gasteiger partial charge in [0.05, 0.1) is 11.8 Å². The van der Waals surface area contributed by atoms with E-state index in [4.69, 9.17) is 5.73 Å². The highest BCUT2D eigenvalue weighted by molar-refractivity contribution is 5.87. The molecule has 4 nitrogen and oxygen atoms in total. The zero-order valence-electron chi connectivity index (χ0n) is 12.1. The second-order valence-electron chi connectivity index (χ2n) is 6.04. The lowest BCUT2D eigenvalue weighted by Crippen LogP contribution is -2.48. The molecule has 0 radical (unpaired) electrons. The molecule has 0 aliphatic rings. The average Bonchev–Trinajstić information content (AvgIpc) is 2.13. The lowest BCUT2D eigenvalue weighted by Gasteiger charge is -2.34. The molecule has 2 amide bonds. The van der Waals surface area contributed by atoms with Crippen LogP contribution in [0.25, 0.3) is 0 Å². The number of rotatable bonds is 6. The number of nitrogens with one attached hydrogen (secondary N) is 1. The number of nitrogens with two attached hydrogens (primary N) is 1. The molecule has 0 fully saturated rings. The third kappa shape index (κ3) is 4.90. The van der Waals surface area contributed by atoms with Crippen LogP contribution >= 0.6 is 0 Å². The molecule has 2 atom stereocenters. The van der Waals surface area contributed by atoms with Gasteiger partial charge >= 0.3 is 0 Å². The molecule has 0 spiro atoms. The van der Waals surface area contributed by atoms with Gasteiger partial charge in [-0.1, -0.05) is 26.8 Å². The van der Waals surface area contributed by atoms with Crippen LogP contribution in [0.4, 0.5) is 0 Å². The van der Waals surface area contributed by atoms with Gasteiger partial charge in [0.2, 0.25) is 11.8 Å². The Labute approximate surface area is 110 Å². The van der Waals surface area contributed by atoms with E-state index in [-0.39, 0.29) is 17.4 Å². The van der Waals surface area contributed by atoms with Crippen LogP contribution in [0, 0.1) is 17.3 Å². The van der Waals surface area contributed by atoms with Crippen molar-refractivity contribution in [3.05, 3.63) is 12.7 Å². The van der Waals surface area contributed by atoms with E-state index < -0.39 is 17.7 Å². The first kappa shape index (κ1) is 16.7. The SMILES string of the molecule is C=CCC(C(N)=O)C(C(=O)NC(C)C)C(C)(C)C. The van der Waals surface area contributed by atoms with Crippen LogP contribution < -0.4 is 11.1 Å². The molecule has 0 aliphatic carbocycles. The molecule has 3 N–H and O–H groups in total. The predicted octanol–water partition coefficient (Wildman–Crippen LogP) is 1.85. The Morgan fingerprint density at radius 2 is 1.83 bits per heavy atom. The van der Waals surface area contributed by atoms with Crippen molar-refractivity contribution in [3.8, 4) is 0 Å². The van der Waals surface area contributed by atoms with Gasteiger partial charge in [0.25, 0.3) is 0 Å². The molecule has 2 unspecified atom stereocenters. The van der Waals surface area contributed by atoms with E-state index in [0.29, 0.717) is 6.42 Å².